The number of hydrogen-bond acceptors (Lipinski definition) is 3. The van der Waals surface area contributed by atoms with E-state index in [0.29, 0.717) is 12.2 Å². The number of nitrogens with one attached hydrogen (secondary N) is 1. The van der Waals surface area contributed by atoms with Crippen LogP contribution >= 0.6 is 0 Å². The van der Waals surface area contributed by atoms with E-state index in [1.807, 2.05) is 53.2 Å². The van der Waals surface area contributed by atoms with E-state index in [2.05, 4.69) is 10.3 Å². The number of nitriles is 1. The van der Waals surface area contributed by atoms with Crippen molar-refractivity contribution in [2.24, 2.45) is 0 Å². The first-order valence-corrected chi connectivity index (χ1v) is 9.76. The number of carbonyl (C=O) groups is 1. The second-order valence-corrected chi connectivity index (χ2v) is 7.03. The average Bonchev–Trinajstić information content (AvgIpc) is 3.13. The molecule has 31 heavy (non-hydrogen) atoms. The lowest BCUT2D eigenvalue weighted by molar-refractivity contribution is -0.117. The fourth-order valence-electron chi connectivity index (χ4n) is 3.43. The smallest absolute Gasteiger partial charge is 0.262 e. The lowest BCUT2D eigenvalue weighted by atomic mass is 10.1. The Kier molecular flexibility index (Phi) is 5.86. The number of aromatic nitrogens is 2. The third-order valence-corrected chi connectivity index (χ3v) is 4.88. The standard InChI is InChI=1S/C25H19FN4O/c26-21-7-5-6-18(12-21)16-30-17-20(23-9-1-2-10-24(23)30)13-19(14-27)25(31)29-15-22-8-3-4-11-28-22/h1-13,17H,15-16H2,(H,29,31). The third-order valence-electron chi connectivity index (χ3n) is 4.88. The Morgan fingerprint density at radius 1 is 1.13 bits per heavy atom. The van der Waals surface area contributed by atoms with Crippen molar-refractivity contribution in [1.29, 1.82) is 5.26 Å². The quantitative estimate of drug-likeness (QED) is 0.377. The van der Waals surface area contributed by atoms with Crippen molar-refractivity contribution in [3.8, 4) is 6.07 Å². The van der Waals surface area contributed by atoms with Crippen LogP contribution in [-0.4, -0.2) is 15.5 Å². The van der Waals surface area contributed by atoms with Gasteiger partial charge in [0.25, 0.3) is 5.91 Å². The SMILES string of the molecule is N#CC(=Cc1cn(Cc2cccc(F)c2)c2ccccc12)C(=O)NCc1ccccn1. The summed E-state index contributed by atoms with van der Waals surface area (Å²) >= 11 is 0. The number of amides is 1. The minimum atomic E-state index is -0.463. The molecule has 2 aromatic heterocycles. The van der Waals surface area contributed by atoms with Crippen LogP contribution in [-0.2, 0) is 17.9 Å². The fraction of sp³-hybridized carbons (Fsp3) is 0.0800. The molecular weight excluding hydrogens is 391 g/mol. The summed E-state index contributed by atoms with van der Waals surface area (Å²) in [5.41, 5.74) is 3.22. The molecule has 6 heteroatoms. The number of nitrogens with zero attached hydrogens (tertiary/aromatic N) is 3. The molecule has 0 saturated carbocycles. The molecule has 4 aromatic rings. The van der Waals surface area contributed by atoms with Crippen LogP contribution in [0.1, 0.15) is 16.8 Å². The zero-order chi connectivity index (χ0) is 21.6. The molecule has 5 nitrogen and oxygen atoms in total. The Labute approximate surface area is 179 Å². The molecule has 4 rings (SSSR count). The van der Waals surface area contributed by atoms with Gasteiger partial charge in [-0.25, -0.2) is 4.39 Å². The first kappa shape index (κ1) is 20.0. The highest BCUT2D eigenvalue weighted by molar-refractivity contribution is 6.04. The fourth-order valence-corrected chi connectivity index (χ4v) is 3.43. The van der Waals surface area contributed by atoms with Crippen LogP contribution < -0.4 is 5.32 Å². The summed E-state index contributed by atoms with van der Waals surface area (Å²) in [6.45, 7) is 0.708. The molecule has 0 saturated heterocycles. The molecule has 0 spiro atoms. The predicted octanol–water partition coefficient (Wildman–Crippen LogP) is 4.45. The number of fused-ring (bicyclic) bond motifs is 1. The topological polar surface area (TPSA) is 70.7 Å². The van der Waals surface area contributed by atoms with Crippen molar-refractivity contribution in [3.05, 3.63) is 107 Å². The highest BCUT2D eigenvalue weighted by Gasteiger charge is 2.13. The Balaban J connectivity index is 1.62. The maximum Gasteiger partial charge on any atom is 0.262 e. The van der Waals surface area contributed by atoms with E-state index in [9.17, 15) is 14.4 Å². The highest BCUT2D eigenvalue weighted by atomic mass is 19.1. The number of hydrogen-bond donors (Lipinski definition) is 1. The van der Waals surface area contributed by atoms with Gasteiger partial charge >= 0.3 is 0 Å². The van der Waals surface area contributed by atoms with Crippen molar-refractivity contribution in [1.82, 2.24) is 14.9 Å². The molecule has 0 aliphatic rings. The Morgan fingerprint density at radius 2 is 1.97 bits per heavy atom. The van der Waals surface area contributed by atoms with E-state index >= 15 is 0 Å². The van der Waals surface area contributed by atoms with Gasteiger partial charge in [-0.3, -0.25) is 9.78 Å². The molecule has 0 atom stereocenters. The van der Waals surface area contributed by atoms with E-state index in [-0.39, 0.29) is 17.9 Å². The molecule has 2 heterocycles. The van der Waals surface area contributed by atoms with E-state index < -0.39 is 5.91 Å². The minimum absolute atomic E-state index is 0.00425. The van der Waals surface area contributed by atoms with E-state index in [4.69, 9.17) is 0 Å². The molecule has 0 aliphatic carbocycles. The first-order chi connectivity index (χ1) is 15.1. The van der Waals surface area contributed by atoms with Gasteiger partial charge in [0.05, 0.1) is 12.2 Å². The van der Waals surface area contributed by atoms with Crippen LogP contribution in [0.25, 0.3) is 17.0 Å². The molecule has 0 bridgehead atoms. The number of rotatable bonds is 6. The summed E-state index contributed by atoms with van der Waals surface area (Å²) in [6.07, 6.45) is 5.10. The van der Waals surface area contributed by atoms with Gasteiger partial charge in [0.2, 0.25) is 0 Å². The monoisotopic (exact) mass is 410 g/mol. The van der Waals surface area contributed by atoms with Crippen molar-refractivity contribution >= 4 is 22.9 Å². The Hall–Kier alpha value is -4.24. The molecule has 1 amide bonds. The molecule has 1 N–H and O–H groups in total. The van der Waals surface area contributed by atoms with Crippen LogP contribution in [0.2, 0.25) is 0 Å². The highest BCUT2D eigenvalue weighted by Crippen LogP contribution is 2.24. The van der Waals surface area contributed by atoms with Crippen LogP contribution in [0.3, 0.4) is 0 Å². The molecule has 0 aliphatic heterocycles. The summed E-state index contributed by atoms with van der Waals surface area (Å²) in [6, 6.07) is 21.6. The zero-order valence-electron chi connectivity index (χ0n) is 16.6. The minimum Gasteiger partial charge on any atom is -0.346 e. The maximum atomic E-state index is 13.6. The molecule has 0 unspecified atom stereocenters. The average molecular weight is 410 g/mol. The molecule has 2 aromatic carbocycles. The van der Waals surface area contributed by atoms with E-state index in [1.165, 1.54) is 12.1 Å². The van der Waals surface area contributed by atoms with E-state index in [1.54, 1.807) is 30.5 Å². The second kappa shape index (κ2) is 9.06. The number of para-hydroxylation sites is 1. The summed E-state index contributed by atoms with van der Waals surface area (Å²) in [5, 5.41) is 13.2. The Morgan fingerprint density at radius 3 is 2.74 bits per heavy atom. The summed E-state index contributed by atoms with van der Waals surface area (Å²) in [7, 11) is 0. The van der Waals surface area contributed by atoms with Crippen LogP contribution in [0.4, 0.5) is 4.39 Å². The number of carbonyl (C=O) groups excluding carboxylic acids is 1. The van der Waals surface area contributed by atoms with Gasteiger partial charge in [0, 0.05) is 35.4 Å². The van der Waals surface area contributed by atoms with Crippen LogP contribution in [0.5, 0.6) is 0 Å². The lowest BCUT2D eigenvalue weighted by Gasteiger charge is -2.05. The van der Waals surface area contributed by atoms with E-state index in [0.717, 1.165) is 22.0 Å². The number of pyridine rings is 1. The van der Waals surface area contributed by atoms with Crippen molar-refractivity contribution in [3.63, 3.8) is 0 Å². The zero-order valence-corrected chi connectivity index (χ0v) is 16.6. The normalized spacial score (nSPS) is 11.3. The number of benzene rings is 2. The van der Waals surface area contributed by atoms with Gasteiger partial charge in [-0.2, -0.15) is 5.26 Å². The molecular formula is C25H19FN4O. The van der Waals surface area contributed by atoms with Crippen LogP contribution in [0.15, 0.2) is 84.7 Å². The maximum absolute atomic E-state index is 13.6. The van der Waals surface area contributed by atoms with Gasteiger partial charge in [0.1, 0.15) is 17.5 Å². The first-order valence-electron chi connectivity index (χ1n) is 9.76. The van der Waals surface area contributed by atoms with Gasteiger partial charge in [-0.15, -0.1) is 0 Å². The van der Waals surface area contributed by atoms with Gasteiger partial charge < -0.3 is 9.88 Å². The molecule has 0 radical (unpaired) electrons. The lowest BCUT2D eigenvalue weighted by Crippen LogP contribution is -2.24. The molecule has 152 valence electrons. The summed E-state index contributed by atoms with van der Waals surface area (Å²) in [5.74, 6) is -0.750. The van der Waals surface area contributed by atoms with Gasteiger partial charge in [-0.05, 0) is 42.0 Å². The van der Waals surface area contributed by atoms with Gasteiger partial charge in [-0.1, -0.05) is 36.4 Å². The van der Waals surface area contributed by atoms with Crippen molar-refractivity contribution in [2.75, 3.05) is 0 Å². The van der Waals surface area contributed by atoms with Crippen LogP contribution in [0, 0.1) is 17.1 Å². The van der Waals surface area contributed by atoms with Crippen molar-refractivity contribution in [2.45, 2.75) is 13.1 Å². The van der Waals surface area contributed by atoms with Crippen molar-refractivity contribution < 1.29 is 9.18 Å². The third kappa shape index (κ3) is 4.68. The van der Waals surface area contributed by atoms with Gasteiger partial charge in [0.15, 0.2) is 0 Å². The number of halogens is 1. The Bertz CT molecular complexity index is 1300. The summed E-state index contributed by atoms with van der Waals surface area (Å²) in [4.78, 5) is 16.7. The predicted molar refractivity (Wildman–Crippen MR) is 117 cm³/mol. The summed E-state index contributed by atoms with van der Waals surface area (Å²) < 4.78 is 15.6. The largest absolute Gasteiger partial charge is 0.346 e. The molecule has 0 fully saturated rings. The second-order valence-electron chi connectivity index (χ2n) is 7.03.